The molecule has 3 fully saturated rings. The summed E-state index contributed by atoms with van der Waals surface area (Å²) < 4.78 is 24.0. The molecule has 0 aromatic rings. The molecule has 2 saturated carbocycles. The summed E-state index contributed by atoms with van der Waals surface area (Å²) in [5, 5.41) is 58.1. The predicted octanol–water partition coefficient (Wildman–Crippen LogP) is -4.92. The Balaban J connectivity index is 1.73. The second-order valence-electron chi connectivity index (χ2n) is 12.9. The summed E-state index contributed by atoms with van der Waals surface area (Å²) >= 11 is 0. The van der Waals surface area contributed by atoms with Crippen molar-refractivity contribution in [1.82, 2.24) is 5.32 Å². The quantitative estimate of drug-likeness (QED) is 0.103. The van der Waals surface area contributed by atoms with Gasteiger partial charge in [0, 0.05) is 31.5 Å². The highest BCUT2D eigenvalue weighted by atomic mass is 16.7. The van der Waals surface area contributed by atoms with Gasteiger partial charge < -0.3 is 78.5 Å². The van der Waals surface area contributed by atoms with Gasteiger partial charge in [-0.15, -0.1) is 0 Å². The molecule has 0 bridgehead atoms. The topological polar surface area (TPSA) is 297 Å². The fourth-order valence-corrected chi connectivity index (χ4v) is 7.07. The minimum absolute atomic E-state index is 0.0870. The molecule has 0 aromatic carbocycles. The third-order valence-electron chi connectivity index (χ3n) is 9.47. The van der Waals surface area contributed by atoms with Crippen LogP contribution < -0.4 is 34.0 Å². The molecule has 1 saturated heterocycles. The lowest BCUT2D eigenvalue weighted by molar-refractivity contribution is -0.342. The van der Waals surface area contributed by atoms with Gasteiger partial charge in [-0.2, -0.15) is 0 Å². The summed E-state index contributed by atoms with van der Waals surface area (Å²) in [6.45, 7) is 0.653. The van der Waals surface area contributed by atoms with Crippen LogP contribution in [0.5, 0.6) is 0 Å². The maximum atomic E-state index is 14.1. The van der Waals surface area contributed by atoms with Crippen LogP contribution in [-0.4, -0.2) is 136 Å². The minimum atomic E-state index is -2.17. The lowest BCUT2D eigenvalue weighted by Crippen LogP contribution is -2.81. The van der Waals surface area contributed by atoms with E-state index in [4.69, 9.17) is 47.6 Å². The van der Waals surface area contributed by atoms with Crippen LogP contribution in [0.2, 0.25) is 0 Å². The monoisotopic (exact) mass is 618 g/mol. The standard InChI is InChI=1S/C27H50N6O10/c1-24(38)12-40-23(18(36)20(24)33-2)43-27(5-6-34)21(37)19(42-22-15(30)4-3-14(11-28)41-22)16(31)9-26(27,32)17(35)10-25(39)7-13(29)8-25/h3,13,15-16,18-23,33-34,36-39H,4-12,28-32H2,1-2H3/t13?,15-,16+,18-,19-,20-,21+,22-,23-,24+,25?,26+,27-/m1/s1. The molecule has 0 spiro atoms. The zero-order valence-electron chi connectivity index (χ0n) is 24.8. The van der Waals surface area contributed by atoms with Crippen LogP contribution in [0.15, 0.2) is 11.8 Å². The van der Waals surface area contributed by atoms with E-state index < -0.39 is 96.6 Å². The van der Waals surface area contributed by atoms with Crippen LogP contribution in [0.4, 0.5) is 0 Å². The number of ether oxygens (including phenoxy) is 4. The molecule has 11 atom stereocenters. The summed E-state index contributed by atoms with van der Waals surface area (Å²) in [5.41, 5.74) is 24.1. The fourth-order valence-electron chi connectivity index (χ4n) is 7.07. The molecule has 0 amide bonds. The van der Waals surface area contributed by atoms with E-state index >= 15 is 0 Å². The van der Waals surface area contributed by atoms with E-state index in [0.717, 1.165) is 0 Å². The number of nitrogens with two attached hydrogens (primary N) is 5. The van der Waals surface area contributed by atoms with Gasteiger partial charge >= 0.3 is 0 Å². The van der Waals surface area contributed by atoms with Crippen LogP contribution in [0.25, 0.3) is 0 Å². The van der Waals surface area contributed by atoms with E-state index in [-0.39, 0.29) is 38.5 Å². The molecule has 16 nitrogen and oxygen atoms in total. The first-order chi connectivity index (χ1) is 20.1. The molecule has 4 aliphatic rings. The van der Waals surface area contributed by atoms with Gasteiger partial charge in [0.2, 0.25) is 6.29 Å². The molecular weight excluding hydrogens is 568 g/mol. The highest BCUT2D eigenvalue weighted by Gasteiger charge is 2.68. The first kappa shape index (κ1) is 34.5. The normalized spacial score (nSPS) is 48.7. The lowest BCUT2D eigenvalue weighted by atomic mass is 9.59. The highest BCUT2D eigenvalue weighted by molar-refractivity contribution is 5.91. The van der Waals surface area contributed by atoms with Gasteiger partial charge in [0.1, 0.15) is 40.8 Å². The number of carbonyl (C=O) groups excluding carboxylic acids is 1. The minimum Gasteiger partial charge on any atom is -0.467 e. The number of Topliss-reactive ketones (excluding diaryl/α,β-unsaturated/α-hetero) is 1. The number of nitrogens with one attached hydrogen (secondary N) is 1. The van der Waals surface area contributed by atoms with Gasteiger partial charge in [0.25, 0.3) is 0 Å². The molecule has 0 unspecified atom stereocenters. The number of rotatable bonds is 11. The third-order valence-corrected chi connectivity index (χ3v) is 9.47. The summed E-state index contributed by atoms with van der Waals surface area (Å²) in [6, 6.07) is -2.94. The predicted molar refractivity (Wildman–Crippen MR) is 152 cm³/mol. The van der Waals surface area contributed by atoms with Crippen molar-refractivity contribution in [2.45, 2.75) is 123 Å². The molecule has 248 valence electrons. The van der Waals surface area contributed by atoms with Crippen molar-refractivity contribution in [3.05, 3.63) is 11.8 Å². The molecule has 0 radical (unpaired) electrons. The molecule has 0 aromatic heterocycles. The van der Waals surface area contributed by atoms with Gasteiger partial charge in [-0.05, 0) is 45.7 Å². The maximum absolute atomic E-state index is 14.1. The Labute approximate surface area is 250 Å². The Bertz CT molecular complexity index is 1030. The van der Waals surface area contributed by atoms with Gasteiger partial charge in [-0.25, -0.2) is 0 Å². The van der Waals surface area contributed by atoms with Crippen molar-refractivity contribution in [2.24, 2.45) is 28.7 Å². The van der Waals surface area contributed by atoms with Gasteiger partial charge in [0.05, 0.1) is 30.8 Å². The summed E-state index contributed by atoms with van der Waals surface area (Å²) in [4.78, 5) is 14.1. The molecular formula is C27H50N6O10. The summed E-state index contributed by atoms with van der Waals surface area (Å²) in [5.74, 6) is -0.257. The Morgan fingerprint density at radius 1 is 1.14 bits per heavy atom. The van der Waals surface area contributed by atoms with Crippen molar-refractivity contribution in [3.63, 3.8) is 0 Å². The Morgan fingerprint density at radius 3 is 2.40 bits per heavy atom. The first-order valence-corrected chi connectivity index (χ1v) is 14.7. The SMILES string of the molecule is CN[C@@H]1[C@@H](O)[C@@H](O[C@]2(CCO)[C@@H](O)[C@H](O[C@H]3OC(CN)=CC[C@H]3N)[C@@H](N)C[C@]2(N)C(=O)CC2(O)CC(N)C2)OC[C@]1(C)O. The van der Waals surface area contributed by atoms with Crippen LogP contribution in [0.1, 0.15) is 45.4 Å². The zero-order chi connectivity index (χ0) is 32.0. The third kappa shape index (κ3) is 6.37. The number of ketones is 1. The van der Waals surface area contributed by atoms with Gasteiger partial charge in [-0.1, -0.05) is 0 Å². The van der Waals surface area contributed by atoms with Crippen molar-refractivity contribution in [3.8, 4) is 0 Å². The van der Waals surface area contributed by atoms with Crippen molar-refractivity contribution < 1.29 is 49.3 Å². The first-order valence-electron chi connectivity index (χ1n) is 14.7. The van der Waals surface area contributed by atoms with E-state index in [0.29, 0.717) is 12.2 Å². The van der Waals surface area contributed by atoms with E-state index in [9.17, 15) is 30.3 Å². The summed E-state index contributed by atoms with van der Waals surface area (Å²) in [6.07, 6.45) is -5.89. The number of aliphatic hydroxyl groups is 5. The highest BCUT2D eigenvalue weighted by Crippen LogP contribution is 2.47. The van der Waals surface area contributed by atoms with Crippen LogP contribution in [0.3, 0.4) is 0 Å². The fraction of sp³-hybridized carbons (Fsp3) is 0.889. The molecule has 2 aliphatic carbocycles. The molecule has 2 aliphatic heterocycles. The zero-order valence-corrected chi connectivity index (χ0v) is 24.8. The molecule has 43 heavy (non-hydrogen) atoms. The molecule has 16 N–H and O–H groups in total. The van der Waals surface area contributed by atoms with Gasteiger partial charge in [0.15, 0.2) is 12.1 Å². The van der Waals surface area contributed by atoms with E-state index in [1.165, 1.54) is 14.0 Å². The van der Waals surface area contributed by atoms with E-state index in [1.54, 1.807) is 6.08 Å². The summed E-state index contributed by atoms with van der Waals surface area (Å²) in [7, 11) is 1.53. The van der Waals surface area contributed by atoms with E-state index in [1.807, 2.05) is 0 Å². The Kier molecular flexibility index (Phi) is 10.3. The van der Waals surface area contributed by atoms with Crippen molar-refractivity contribution in [2.75, 3.05) is 26.8 Å². The molecule has 16 heteroatoms. The van der Waals surface area contributed by atoms with Crippen LogP contribution in [-0.2, 0) is 23.7 Å². The second-order valence-corrected chi connectivity index (χ2v) is 12.9. The maximum Gasteiger partial charge on any atom is 0.215 e. The van der Waals surface area contributed by atoms with Crippen LogP contribution in [0, 0.1) is 0 Å². The molecule has 2 heterocycles. The largest absolute Gasteiger partial charge is 0.467 e. The Morgan fingerprint density at radius 2 is 1.81 bits per heavy atom. The van der Waals surface area contributed by atoms with Crippen molar-refractivity contribution >= 4 is 5.78 Å². The van der Waals surface area contributed by atoms with Gasteiger partial charge in [-0.3, -0.25) is 4.79 Å². The van der Waals surface area contributed by atoms with Crippen molar-refractivity contribution in [1.29, 1.82) is 0 Å². The number of likely N-dealkylation sites (N-methyl/N-ethyl adjacent to an activating group) is 1. The average Bonchev–Trinajstić information content (AvgIpc) is 2.91. The number of hydrogen-bond donors (Lipinski definition) is 11. The number of aliphatic hydroxyl groups excluding tert-OH is 3. The van der Waals surface area contributed by atoms with E-state index in [2.05, 4.69) is 5.32 Å². The molecule has 4 rings (SSSR count). The number of carbonyl (C=O) groups is 1. The smallest absolute Gasteiger partial charge is 0.215 e. The average molecular weight is 619 g/mol. The van der Waals surface area contributed by atoms with Crippen LogP contribution >= 0.6 is 0 Å². The Hall–Kier alpha value is -1.35. The number of hydrogen-bond acceptors (Lipinski definition) is 16. The lowest BCUT2D eigenvalue weighted by Gasteiger charge is -2.59. The second kappa shape index (κ2) is 12.8.